The minimum Gasteiger partial charge on any atom is -0.507 e. The number of anilines is 1. The number of hydrogen-bond donors (Lipinski definition) is 1. The Kier molecular flexibility index (Phi) is 5.29. The predicted molar refractivity (Wildman–Crippen MR) is 116 cm³/mol. The Morgan fingerprint density at radius 1 is 0.933 bits per heavy atom. The van der Waals surface area contributed by atoms with E-state index in [1.54, 1.807) is 72.8 Å². The van der Waals surface area contributed by atoms with Crippen LogP contribution < -0.4 is 9.64 Å². The van der Waals surface area contributed by atoms with Gasteiger partial charge < -0.3 is 9.84 Å². The number of aliphatic hydroxyl groups is 1. The Bertz CT molecular complexity index is 1140. The third-order valence-corrected chi connectivity index (χ3v) is 5.28. The van der Waals surface area contributed by atoms with Crippen LogP contribution >= 0.6 is 11.6 Å². The quantitative estimate of drug-likeness (QED) is 0.368. The molecule has 1 atom stereocenters. The number of aliphatic hydroxyl groups excluding tert-OH is 1. The average Bonchev–Trinajstić information content (AvgIpc) is 3.05. The minimum atomic E-state index is -0.811. The molecular formula is C24H18ClNO4. The van der Waals surface area contributed by atoms with Crippen LogP contribution in [-0.2, 0) is 9.59 Å². The Morgan fingerprint density at radius 2 is 1.57 bits per heavy atom. The van der Waals surface area contributed by atoms with E-state index in [1.807, 2.05) is 6.07 Å². The summed E-state index contributed by atoms with van der Waals surface area (Å²) in [6.07, 6.45) is 0. The molecule has 150 valence electrons. The summed E-state index contributed by atoms with van der Waals surface area (Å²) in [7, 11) is 1.48. The number of ether oxygens (including phenoxy) is 1. The molecule has 0 aromatic heterocycles. The molecule has 3 aromatic rings. The van der Waals surface area contributed by atoms with Crippen LogP contribution in [0.5, 0.6) is 5.75 Å². The zero-order valence-corrected chi connectivity index (χ0v) is 16.8. The fourth-order valence-electron chi connectivity index (χ4n) is 3.63. The van der Waals surface area contributed by atoms with Crippen molar-refractivity contribution in [2.24, 2.45) is 0 Å². The summed E-state index contributed by atoms with van der Waals surface area (Å²) in [5, 5.41) is 11.7. The monoisotopic (exact) mass is 419 g/mol. The molecule has 5 nitrogen and oxygen atoms in total. The second-order valence-corrected chi connectivity index (χ2v) is 7.19. The maximum Gasteiger partial charge on any atom is 0.300 e. The standard InChI is InChI=1S/C24H18ClNO4/c1-30-19-10-6-5-9-18(19)22(27)20-21(15-11-13-16(25)14-12-15)26(24(29)23(20)28)17-7-3-2-4-8-17/h2-14,21,27H,1H3/b22-20-. The molecule has 1 fully saturated rings. The third kappa shape index (κ3) is 3.33. The van der Waals surface area contributed by atoms with Crippen molar-refractivity contribution in [1.29, 1.82) is 0 Å². The van der Waals surface area contributed by atoms with Crippen molar-refractivity contribution < 1.29 is 19.4 Å². The zero-order valence-electron chi connectivity index (χ0n) is 16.1. The van der Waals surface area contributed by atoms with Crippen molar-refractivity contribution in [1.82, 2.24) is 0 Å². The molecule has 3 aromatic carbocycles. The molecule has 1 aliphatic heterocycles. The van der Waals surface area contributed by atoms with Gasteiger partial charge in [0, 0.05) is 10.7 Å². The van der Waals surface area contributed by atoms with Crippen molar-refractivity contribution in [3.05, 3.63) is 101 Å². The Morgan fingerprint density at radius 3 is 2.23 bits per heavy atom. The van der Waals surface area contributed by atoms with Gasteiger partial charge in [-0.25, -0.2) is 0 Å². The van der Waals surface area contributed by atoms with Crippen LogP contribution in [0.2, 0.25) is 5.02 Å². The molecule has 0 radical (unpaired) electrons. The SMILES string of the molecule is COc1ccccc1/C(O)=C1/C(=O)C(=O)N(c2ccccc2)C1c1ccc(Cl)cc1. The molecule has 1 heterocycles. The molecule has 1 aliphatic rings. The molecule has 0 aliphatic carbocycles. The van der Waals surface area contributed by atoms with Crippen molar-refractivity contribution in [3.8, 4) is 5.75 Å². The first-order chi connectivity index (χ1) is 14.5. The summed E-state index contributed by atoms with van der Waals surface area (Å²) in [4.78, 5) is 27.5. The molecule has 0 saturated carbocycles. The predicted octanol–water partition coefficient (Wildman–Crippen LogP) is 4.97. The fraction of sp³-hybridized carbons (Fsp3) is 0.0833. The lowest BCUT2D eigenvalue weighted by molar-refractivity contribution is -0.132. The van der Waals surface area contributed by atoms with Gasteiger partial charge in [0.1, 0.15) is 11.5 Å². The van der Waals surface area contributed by atoms with E-state index in [4.69, 9.17) is 16.3 Å². The van der Waals surface area contributed by atoms with Gasteiger partial charge in [0.25, 0.3) is 11.7 Å². The summed E-state index contributed by atoms with van der Waals surface area (Å²) in [5.41, 5.74) is 1.54. The number of hydrogen-bond acceptors (Lipinski definition) is 4. The van der Waals surface area contributed by atoms with E-state index in [2.05, 4.69) is 0 Å². The summed E-state index contributed by atoms with van der Waals surface area (Å²) in [5.74, 6) is -1.36. The molecule has 6 heteroatoms. The van der Waals surface area contributed by atoms with E-state index < -0.39 is 17.7 Å². The maximum atomic E-state index is 13.1. The Hall–Kier alpha value is -3.57. The molecule has 1 N–H and O–H groups in total. The molecule has 4 rings (SSSR count). The molecular weight excluding hydrogens is 402 g/mol. The van der Waals surface area contributed by atoms with E-state index in [0.29, 0.717) is 27.6 Å². The van der Waals surface area contributed by atoms with Gasteiger partial charge in [-0.15, -0.1) is 0 Å². The Labute approximate surface area is 178 Å². The van der Waals surface area contributed by atoms with Crippen LogP contribution in [0.1, 0.15) is 17.2 Å². The molecule has 1 unspecified atom stereocenters. The van der Waals surface area contributed by atoms with Crippen LogP contribution in [0.4, 0.5) is 5.69 Å². The van der Waals surface area contributed by atoms with Crippen molar-refractivity contribution >= 4 is 34.7 Å². The molecule has 1 saturated heterocycles. The van der Waals surface area contributed by atoms with Gasteiger partial charge in [-0.1, -0.05) is 54.1 Å². The van der Waals surface area contributed by atoms with Crippen LogP contribution in [0.25, 0.3) is 5.76 Å². The van der Waals surface area contributed by atoms with Crippen molar-refractivity contribution in [2.45, 2.75) is 6.04 Å². The normalized spacial score (nSPS) is 17.9. The summed E-state index contributed by atoms with van der Waals surface area (Å²) in [6, 6.07) is 21.7. The van der Waals surface area contributed by atoms with Crippen molar-refractivity contribution in [3.63, 3.8) is 0 Å². The van der Waals surface area contributed by atoms with Gasteiger partial charge in [-0.05, 0) is 42.0 Å². The number of nitrogens with zero attached hydrogens (tertiary/aromatic N) is 1. The first-order valence-electron chi connectivity index (χ1n) is 9.28. The average molecular weight is 420 g/mol. The highest BCUT2D eigenvalue weighted by atomic mass is 35.5. The number of rotatable bonds is 4. The fourth-order valence-corrected chi connectivity index (χ4v) is 3.76. The maximum absolute atomic E-state index is 13.1. The second-order valence-electron chi connectivity index (χ2n) is 6.76. The van der Waals surface area contributed by atoms with Gasteiger partial charge in [-0.2, -0.15) is 0 Å². The van der Waals surface area contributed by atoms with Crippen LogP contribution in [0.3, 0.4) is 0 Å². The third-order valence-electron chi connectivity index (χ3n) is 5.03. The summed E-state index contributed by atoms with van der Waals surface area (Å²) < 4.78 is 5.33. The van der Waals surface area contributed by atoms with Gasteiger partial charge in [-0.3, -0.25) is 14.5 Å². The first kappa shape index (κ1) is 19.7. The van der Waals surface area contributed by atoms with Crippen molar-refractivity contribution in [2.75, 3.05) is 12.0 Å². The highest BCUT2D eigenvalue weighted by Gasteiger charge is 2.47. The number of ketones is 1. The van der Waals surface area contributed by atoms with Gasteiger partial charge in [0.05, 0.1) is 24.3 Å². The highest BCUT2D eigenvalue weighted by molar-refractivity contribution is 6.51. The number of Topliss-reactive ketones (excluding diaryl/α,β-unsaturated/α-hetero) is 1. The lowest BCUT2D eigenvalue weighted by Crippen LogP contribution is -2.29. The van der Waals surface area contributed by atoms with E-state index in [0.717, 1.165) is 0 Å². The van der Waals surface area contributed by atoms with E-state index in [1.165, 1.54) is 12.0 Å². The van der Waals surface area contributed by atoms with Crippen LogP contribution in [-0.4, -0.2) is 23.9 Å². The Balaban J connectivity index is 1.97. The number of benzene rings is 3. The van der Waals surface area contributed by atoms with Gasteiger partial charge in [0.2, 0.25) is 0 Å². The molecule has 1 amide bonds. The smallest absolute Gasteiger partial charge is 0.300 e. The molecule has 0 bridgehead atoms. The van der Waals surface area contributed by atoms with E-state index in [9.17, 15) is 14.7 Å². The van der Waals surface area contributed by atoms with Crippen LogP contribution in [0, 0.1) is 0 Å². The van der Waals surface area contributed by atoms with Gasteiger partial charge in [0.15, 0.2) is 0 Å². The summed E-state index contributed by atoms with van der Waals surface area (Å²) >= 11 is 6.04. The minimum absolute atomic E-state index is 0.00400. The largest absolute Gasteiger partial charge is 0.507 e. The van der Waals surface area contributed by atoms with Gasteiger partial charge >= 0.3 is 0 Å². The highest BCUT2D eigenvalue weighted by Crippen LogP contribution is 2.43. The number of halogens is 1. The van der Waals surface area contributed by atoms with E-state index >= 15 is 0 Å². The second kappa shape index (κ2) is 8.05. The number of para-hydroxylation sites is 2. The summed E-state index contributed by atoms with van der Waals surface area (Å²) in [6.45, 7) is 0. The number of carbonyl (C=O) groups excluding carboxylic acids is 2. The lowest BCUT2D eigenvalue weighted by atomic mass is 9.95. The lowest BCUT2D eigenvalue weighted by Gasteiger charge is -2.25. The van der Waals surface area contributed by atoms with E-state index in [-0.39, 0.29) is 11.3 Å². The molecule has 0 spiro atoms. The number of methoxy groups -OCH3 is 1. The van der Waals surface area contributed by atoms with Crippen LogP contribution in [0.15, 0.2) is 84.4 Å². The zero-order chi connectivity index (χ0) is 21.3. The first-order valence-corrected chi connectivity index (χ1v) is 9.65. The molecule has 30 heavy (non-hydrogen) atoms. The number of amides is 1. The number of carbonyl (C=O) groups is 2. The topological polar surface area (TPSA) is 66.8 Å².